The Morgan fingerprint density at radius 1 is 1.33 bits per heavy atom. The Hall–Kier alpha value is -0.570. The lowest BCUT2D eigenvalue weighted by Crippen LogP contribution is -2.38. The normalized spacial score (nSPS) is 31.3. The minimum absolute atomic E-state index is 0. The summed E-state index contributed by atoms with van der Waals surface area (Å²) in [7, 11) is 2.06. The second-order valence-corrected chi connectivity index (χ2v) is 4.20. The third-order valence-corrected chi connectivity index (χ3v) is 3.47. The number of hydrogen-bond donors (Lipinski definition) is 1. The van der Waals surface area contributed by atoms with Gasteiger partial charge in [0, 0.05) is 12.6 Å². The summed E-state index contributed by atoms with van der Waals surface area (Å²) in [6.07, 6.45) is 0.828. The van der Waals surface area contributed by atoms with Crippen LogP contribution in [-0.4, -0.2) is 29.6 Å². The predicted octanol–water partition coefficient (Wildman–Crippen LogP) is 2.02. The minimum Gasteiger partial charge on any atom is -0.383 e. The number of likely N-dealkylation sites (N-methyl/N-ethyl adjacent to an activating group) is 1. The lowest BCUT2D eigenvalue weighted by molar-refractivity contribution is 0.0109. The van der Waals surface area contributed by atoms with Crippen LogP contribution in [0.5, 0.6) is 0 Å². The number of nitrogens with zero attached hydrogens (tertiary/aromatic N) is 1. The van der Waals surface area contributed by atoms with E-state index in [1.807, 2.05) is 30.3 Å². The Kier molecular flexibility index (Phi) is 3.77. The molecule has 1 aliphatic heterocycles. The van der Waals surface area contributed by atoms with Crippen LogP contribution in [0.4, 0.5) is 0 Å². The predicted molar refractivity (Wildman–Crippen MR) is 64.3 cm³/mol. The quantitative estimate of drug-likeness (QED) is 0.794. The molecule has 2 atom stereocenters. The zero-order valence-corrected chi connectivity index (χ0v) is 10.00. The molecule has 2 rings (SSSR count). The highest BCUT2D eigenvalue weighted by molar-refractivity contribution is 5.85. The fraction of sp³-hybridized carbons (Fsp3) is 0.500. The average molecular weight is 228 g/mol. The van der Waals surface area contributed by atoms with Crippen molar-refractivity contribution in [3.05, 3.63) is 35.9 Å². The Morgan fingerprint density at radius 3 is 2.40 bits per heavy atom. The first kappa shape index (κ1) is 12.5. The zero-order valence-electron chi connectivity index (χ0n) is 9.18. The highest BCUT2D eigenvalue weighted by atomic mass is 35.5. The molecule has 3 heteroatoms. The highest BCUT2D eigenvalue weighted by Gasteiger charge is 2.42. The Labute approximate surface area is 97.3 Å². The molecule has 0 amide bonds. The standard InChI is InChI=1S/C12H17NO.ClH/c1-10-12(14,8-9-13(10)2)11-6-4-3-5-7-11;/h3-7,10,14H,8-9H2,1-2H3;1H/t10-,12-;/m1./s1. The van der Waals surface area contributed by atoms with Crippen molar-refractivity contribution in [2.24, 2.45) is 0 Å². The van der Waals surface area contributed by atoms with Crippen molar-refractivity contribution in [1.82, 2.24) is 4.90 Å². The van der Waals surface area contributed by atoms with Crippen molar-refractivity contribution in [3.8, 4) is 0 Å². The number of halogens is 1. The summed E-state index contributed by atoms with van der Waals surface area (Å²) in [5, 5.41) is 10.6. The summed E-state index contributed by atoms with van der Waals surface area (Å²) >= 11 is 0. The van der Waals surface area contributed by atoms with E-state index in [2.05, 4.69) is 18.9 Å². The third-order valence-electron chi connectivity index (χ3n) is 3.47. The van der Waals surface area contributed by atoms with Crippen molar-refractivity contribution in [2.75, 3.05) is 13.6 Å². The van der Waals surface area contributed by atoms with Crippen molar-refractivity contribution >= 4 is 12.4 Å². The van der Waals surface area contributed by atoms with Crippen LogP contribution in [0.15, 0.2) is 30.3 Å². The van der Waals surface area contributed by atoms with Crippen molar-refractivity contribution in [3.63, 3.8) is 0 Å². The van der Waals surface area contributed by atoms with Crippen LogP contribution in [-0.2, 0) is 5.60 Å². The molecule has 1 fully saturated rings. The second-order valence-electron chi connectivity index (χ2n) is 4.20. The van der Waals surface area contributed by atoms with E-state index in [0.717, 1.165) is 18.5 Å². The summed E-state index contributed by atoms with van der Waals surface area (Å²) in [4.78, 5) is 2.20. The molecule has 0 saturated carbocycles. The lowest BCUT2D eigenvalue weighted by atomic mass is 9.87. The molecule has 0 aliphatic carbocycles. The van der Waals surface area contributed by atoms with Crippen molar-refractivity contribution in [1.29, 1.82) is 0 Å². The Morgan fingerprint density at radius 2 is 1.93 bits per heavy atom. The largest absolute Gasteiger partial charge is 0.383 e. The number of benzene rings is 1. The summed E-state index contributed by atoms with van der Waals surface area (Å²) in [5.74, 6) is 0. The fourth-order valence-electron chi connectivity index (χ4n) is 2.23. The minimum atomic E-state index is -0.657. The number of aliphatic hydroxyl groups is 1. The van der Waals surface area contributed by atoms with Gasteiger partial charge in [-0.3, -0.25) is 0 Å². The molecule has 1 N–H and O–H groups in total. The van der Waals surface area contributed by atoms with Crippen LogP contribution in [0.2, 0.25) is 0 Å². The maximum atomic E-state index is 10.6. The maximum Gasteiger partial charge on any atom is 0.106 e. The van der Waals surface area contributed by atoms with E-state index >= 15 is 0 Å². The monoisotopic (exact) mass is 227 g/mol. The third kappa shape index (κ3) is 2.03. The van der Waals surface area contributed by atoms with Crippen LogP contribution < -0.4 is 0 Å². The topological polar surface area (TPSA) is 23.5 Å². The molecule has 2 nitrogen and oxygen atoms in total. The van der Waals surface area contributed by atoms with Gasteiger partial charge in [-0.1, -0.05) is 30.3 Å². The van der Waals surface area contributed by atoms with Crippen LogP contribution in [0, 0.1) is 0 Å². The van der Waals surface area contributed by atoms with Gasteiger partial charge in [0.15, 0.2) is 0 Å². The molecule has 1 heterocycles. The van der Waals surface area contributed by atoms with E-state index in [4.69, 9.17) is 0 Å². The second kappa shape index (κ2) is 4.52. The highest BCUT2D eigenvalue weighted by Crippen LogP contribution is 2.36. The maximum absolute atomic E-state index is 10.6. The number of rotatable bonds is 1. The molecule has 0 aromatic heterocycles. The van der Waals surface area contributed by atoms with Crippen molar-refractivity contribution in [2.45, 2.75) is 25.0 Å². The first-order valence-corrected chi connectivity index (χ1v) is 5.13. The Balaban J connectivity index is 0.00000112. The molecular weight excluding hydrogens is 210 g/mol. The van der Waals surface area contributed by atoms with E-state index in [-0.39, 0.29) is 18.4 Å². The first-order chi connectivity index (χ1) is 6.64. The van der Waals surface area contributed by atoms with Crippen LogP contribution >= 0.6 is 12.4 Å². The smallest absolute Gasteiger partial charge is 0.106 e. The van der Waals surface area contributed by atoms with Gasteiger partial charge in [0.2, 0.25) is 0 Å². The molecule has 1 saturated heterocycles. The van der Waals surface area contributed by atoms with Gasteiger partial charge in [0.05, 0.1) is 0 Å². The molecule has 0 bridgehead atoms. The van der Waals surface area contributed by atoms with Gasteiger partial charge < -0.3 is 10.0 Å². The lowest BCUT2D eigenvalue weighted by Gasteiger charge is -2.30. The van der Waals surface area contributed by atoms with E-state index < -0.39 is 5.60 Å². The van der Waals surface area contributed by atoms with Gasteiger partial charge in [-0.15, -0.1) is 12.4 Å². The molecule has 15 heavy (non-hydrogen) atoms. The summed E-state index contributed by atoms with van der Waals surface area (Å²) in [6, 6.07) is 10.2. The molecule has 0 spiro atoms. The molecule has 1 aliphatic rings. The van der Waals surface area contributed by atoms with Crippen LogP contribution in [0.25, 0.3) is 0 Å². The number of likely N-dealkylation sites (tertiary alicyclic amines) is 1. The molecular formula is C12H18ClNO. The summed E-state index contributed by atoms with van der Waals surface area (Å²) in [5.41, 5.74) is 0.382. The Bertz CT molecular complexity index is 317. The van der Waals surface area contributed by atoms with E-state index in [9.17, 15) is 5.11 Å². The fourth-order valence-corrected chi connectivity index (χ4v) is 2.23. The molecule has 0 unspecified atom stereocenters. The van der Waals surface area contributed by atoms with Gasteiger partial charge in [0.1, 0.15) is 5.60 Å². The van der Waals surface area contributed by atoms with E-state index in [1.54, 1.807) is 0 Å². The van der Waals surface area contributed by atoms with Gasteiger partial charge in [-0.05, 0) is 26.0 Å². The first-order valence-electron chi connectivity index (χ1n) is 5.13. The van der Waals surface area contributed by atoms with Gasteiger partial charge in [-0.2, -0.15) is 0 Å². The molecule has 0 radical (unpaired) electrons. The van der Waals surface area contributed by atoms with Gasteiger partial charge in [-0.25, -0.2) is 0 Å². The molecule has 1 aromatic carbocycles. The van der Waals surface area contributed by atoms with Gasteiger partial charge >= 0.3 is 0 Å². The van der Waals surface area contributed by atoms with Crippen molar-refractivity contribution < 1.29 is 5.11 Å². The van der Waals surface area contributed by atoms with E-state index in [1.165, 1.54) is 0 Å². The van der Waals surface area contributed by atoms with Crippen LogP contribution in [0.3, 0.4) is 0 Å². The SMILES string of the molecule is C[C@H]1N(C)CC[C@]1(O)c1ccccc1.Cl. The van der Waals surface area contributed by atoms with E-state index in [0.29, 0.717) is 0 Å². The molecule has 1 aromatic rings. The van der Waals surface area contributed by atoms with Gasteiger partial charge in [0.25, 0.3) is 0 Å². The molecule has 84 valence electrons. The number of hydrogen-bond acceptors (Lipinski definition) is 2. The average Bonchev–Trinajstić information content (AvgIpc) is 2.49. The summed E-state index contributed by atoms with van der Waals surface area (Å²) < 4.78 is 0. The zero-order chi connectivity index (χ0) is 10.2. The van der Waals surface area contributed by atoms with Crippen LogP contribution in [0.1, 0.15) is 18.9 Å². The summed E-state index contributed by atoms with van der Waals surface area (Å²) in [6.45, 7) is 3.05.